The molecule has 0 aromatic heterocycles. The second-order valence-corrected chi connectivity index (χ2v) is 6.20. The molecule has 3 N–H and O–H groups in total. The van der Waals surface area contributed by atoms with Gasteiger partial charge in [0.15, 0.2) is 0 Å². The van der Waals surface area contributed by atoms with Crippen molar-refractivity contribution in [2.24, 2.45) is 0 Å². The summed E-state index contributed by atoms with van der Waals surface area (Å²) >= 11 is 5.46. The van der Waals surface area contributed by atoms with Gasteiger partial charge in [0, 0.05) is 12.6 Å². The van der Waals surface area contributed by atoms with Gasteiger partial charge in [-0.15, -0.1) is 0 Å². The van der Waals surface area contributed by atoms with E-state index in [1.807, 2.05) is 0 Å². The zero-order chi connectivity index (χ0) is 15.5. The second-order valence-electron chi connectivity index (χ2n) is 4.11. The first-order valence-electron chi connectivity index (χ1n) is 5.54. The van der Waals surface area contributed by atoms with E-state index in [2.05, 4.69) is 4.72 Å². The molecule has 1 unspecified atom stereocenters. The van der Waals surface area contributed by atoms with Crippen molar-refractivity contribution >= 4 is 27.6 Å². The van der Waals surface area contributed by atoms with Gasteiger partial charge in [0.2, 0.25) is 10.0 Å². The smallest absolute Gasteiger partial charge is 0.337 e. The fraction of sp³-hybridized carbons (Fsp3) is 0.364. The second kappa shape index (κ2) is 6.49. The number of hydrogen-bond donors (Lipinski definition) is 3. The van der Waals surface area contributed by atoms with Crippen LogP contribution in [0.3, 0.4) is 0 Å². The third kappa shape index (κ3) is 3.89. The van der Waals surface area contributed by atoms with Gasteiger partial charge >= 0.3 is 5.97 Å². The highest BCUT2D eigenvalue weighted by molar-refractivity contribution is 7.89. The molecule has 1 rings (SSSR count). The van der Waals surface area contributed by atoms with Gasteiger partial charge in [-0.1, -0.05) is 11.6 Å². The summed E-state index contributed by atoms with van der Waals surface area (Å²) in [6.45, 7) is 1.29. The molecular formula is C11H13ClFNO5S. The summed E-state index contributed by atoms with van der Waals surface area (Å²) in [6.07, 6.45) is 0.168. The van der Waals surface area contributed by atoms with Gasteiger partial charge < -0.3 is 10.2 Å². The van der Waals surface area contributed by atoms with Crippen LogP contribution < -0.4 is 4.72 Å². The third-order valence-electron chi connectivity index (χ3n) is 2.46. The number of hydrogen-bond acceptors (Lipinski definition) is 4. The highest BCUT2D eigenvalue weighted by Gasteiger charge is 2.23. The minimum atomic E-state index is -4.10. The van der Waals surface area contributed by atoms with Crippen LogP contribution in [0.15, 0.2) is 17.0 Å². The maximum absolute atomic E-state index is 13.5. The largest absolute Gasteiger partial charge is 0.478 e. The number of sulfonamides is 1. The van der Waals surface area contributed by atoms with E-state index in [4.69, 9.17) is 21.8 Å². The molecule has 0 aliphatic rings. The lowest BCUT2D eigenvalue weighted by Gasteiger charge is -2.13. The van der Waals surface area contributed by atoms with E-state index < -0.39 is 43.3 Å². The number of carbonyl (C=O) groups is 1. The molecule has 0 spiro atoms. The summed E-state index contributed by atoms with van der Waals surface area (Å²) in [7, 11) is -4.10. The number of rotatable bonds is 6. The minimum Gasteiger partial charge on any atom is -0.478 e. The van der Waals surface area contributed by atoms with Crippen LogP contribution in [0.4, 0.5) is 4.39 Å². The molecule has 0 aliphatic carbocycles. The van der Waals surface area contributed by atoms with E-state index in [-0.39, 0.29) is 13.0 Å². The Morgan fingerprint density at radius 2 is 2.10 bits per heavy atom. The molecule has 6 nitrogen and oxygen atoms in total. The number of nitrogens with one attached hydrogen (secondary N) is 1. The molecule has 0 heterocycles. The molecule has 1 aromatic rings. The van der Waals surface area contributed by atoms with E-state index in [0.717, 1.165) is 6.07 Å². The maximum atomic E-state index is 13.5. The lowest BCUT2D eigenvalue weighted by Crippen LogP contribution is -2.33. The van der Waals surface area contributed by atoms with Crippen molar-refractivity contribution in [2.45, 2.75) is 24.3 Å². The minimum absolute atomic E-state index is 0.168. The van der Waals surface area contributed by atoms with E-state index in [1.54, 1.807) is 0 Å². The molecule has 0 saturated heterocycles. The monoisotopic (exact) mass is 325 g/mol. The number of benzene rings is 1. The van der Waals surface area contributed by atoms with Crippen LogP contribution in [0.25, 0.3) is 0 Å². The van der Waals surface area contributed by atoms with Crippen LogP contribution in [0, 0.1) is 5.82 Å². The first-order chi connectivity index (χ1) is 9.19. The van der Waals surface area contributed by atoms with Crippen molar-refractivity contribution in [3.63, 3.8) is 0 Å². The molecular weight excluding hydrogens is 313 g/mol. The van der Waals surface area contributed by atoms with Crippen molar-refractivity contribution in [1.82, 2.24) is 4.72 Å². The number of aliphatic hydroxyl groups is 1. The molecule has 0 bridgehead atoms. The molecule has 112 valence electrons. The summed E-state index contributed by atoms with van der Waals surface area (Å²) in [6, 6.07) is 0.835. The van der Waals surface area contributed by atoms with Gasteiger partial charge in [-0.05, 0) is 25.5 Å². The molecule has 0 saturated carbocycles. The van der Waals surface area contributed by atoms with Crippen molar-refractivity contribution in [2.75, 3.05) is 6.61 Å². The number of aliphatic hydroxyl groups excluding tert-OH is 1. The molecule has 1 aromatic carbocycles. The summed E-state index contributed by atoms with van der Waals surface area (Å²) in [5.74, 6) is -2.67. The average Bonchev–Trinajstić information content (AvgIpc) is 2.31. The molecule has 9 heteroatoms. The van der Waals surface area contributed by atoms with E-state index in [1.165, 1.54) is 6.92 Å². The summed E-state index contributed by atoms with van der Waals surface area (Å²) in [4.78, 5) is 10.3. The summed E-state index contributed by atoms with van der Waals surface area (Å²) in [5, 5.41) is 16.9. The van der Waals surface area contributed by atoms with Crippen molar-refractivity contribution < 1.29 is 27.8 Å². The fourth-order valence-corrected chi connectivity index (χ4v) is 2.97. The Balaban J connectivity index is 3.22. The Morgan fingerprint density at radius 1 is 1.50 bits per heavy atom. The fourth-order valence-electron chi connectivity index (χ4n) is 1.46. The average molecular weight is 326 g/mol. The number of halogens is 2. The molecule has 1 atom stereocenters. The van der Waals surface area contributed by atoms with Gasteiger partial charge in [0.05, 0.1) is 15.5 Å². The van der Waals surface area contributed by atoms with E-state index in [0.29, 0.717) is 6.07 Å². The number of aromatic carboxylic acids is 1. The highest BCUT2D eigenvalue weighted by atomic mass is 35.5. The molecule has 0 fully saturated rings. The first-order valence-corrected chi connectivity index (χ1v) is 7.40. The zero-order valence-corrected chi connectivity index (χ0v) is 12.0. The van der Waals surface area contributed by atoms with Crippen LogP contribution in [-0.4, -0.2) is 37.2 Å². The van der Waals surface area contributed by atoms with Crippen LogP contribution in [0.1, 0.15) is 23.7 Å². The Labute approximate surface area is 120 Å². The van der Waals surface area contributed by atoms with Crippen molar-refractivity contribution in [1.29, 1.82) is 0 Å². The standard InChI is InChI=1S/C11H13ClFNO5S/c1-6(2-3-15)14-20(18,19)7-4-8(11(16)17)10(12)9(13)5-7/h4-6,14-15H,2-3H2,1H3,(H,16,17). The molecule has 20 heavy (non-hydrogen) atoms. The van der Waals surface area contributed by atoms with E-state index >= 15 is 0 Å². The van der Waals surface area contributed by atoms with Crippen LogP contribution in [0.5, 0.6) is 0 Å². The zero-order valence-electron chi connectivity index (χ0n) is 10.4. The normalized spacial score (nSPS) is 13.2. The number of carboxylic acid groups (broad SMARTS) is 1. The number of carboxylic acids is 1. The van der Waals surface area contributed by atoms with E-state index in [9.17, 15) is 17.6 Å². The quantitative estimate of drug-likeness (QED) is 0.729. The lowest BCUT2D eigenvalue weighted by molar-refractivity contribution is 0.0696. The molecule has 0 aliphatic heterocycles. The Morgan fingerprint density at radius 3 is 2.60 bits per heavy atom. The van der Waals surface area contributed by atoms with Gasteiger partial charge in [-0.2, -0.15) is 0 Å². The Kier molecular flexibility index (Phi) is 5.46. The van der Waals surface area contributed by atoms with Crippen molar-refractivity contribution in [3.05, 3.63) is 28.5 Å². The first kappa shape index (κ1) is 16.8. The predicted octanol–water partition coefficient (Wildman–Crippen LogP) is 1.23. The third-order valence-corrected chi connectivity index (χ3v) is 4.41. The van der Waals surface area contributed by atoms with Gasteiger partial charge in [-0.25, -0.2) is 22.3 Å². The topological polar surface area (TPSA) is 104 Å². The predicted molar refractivity (Wildman–Crippen MR) is 69.9 cm³/mol. The van der Waals surface area contributed by atoms with Gasteiger partial charge in [0.1, 0.15) is 5.82 Å². The molecule has 0 amide bonds. The Hall–Kier alpha value is -1.22. The van der Waals surface area contributed by atoms with Gasteiger partial charge in [-0.3, -0.25) is 0 Å². The summed E-state index contributed by atoms with van der Waals surface area (Å²) in [5.41, 5.74) is -0.637. The lowest BCUT2D eigenvalue weighted by atomic mass is 10.2. The van der Waals surface area contributed by atoms with Gasteiger partial charge in [0.25, 0.3) is 0 Å². The van der Waals surface area contributed by atoms with Crippen LogP contribution in [-0.2, 0) is 10.0 Å². The Bertz CT molecular complexity index is 619. The van der Waals surface area contributed by atoms with Crippen LogP contribution >= 0.6 is 11.6 Å². The highest BCUT2D eigenvalue weighted by Crippen LogP contribution is 2.24. The summed E-state index contributed by atoms with van der Waals surface area (Å²) < 4.78 is 39.6. The molecule has 0 radical (unpaired) electrons. The van der Waals surface area contributed by atoms with Crippen LogP contribution in [0.2, 0.25) is 5.02 Å². The SMILES string of the molecule is CC(CCO)NS(=O)(=O)c1cc(F)c(Cl)c(C(=O)O)c1. The maximum Gasteiger partial charge on any atom is 0.337 e. The van der Waals surface area contributed by atoms with Crippen molar-refractivity contribution in [3.8, 4) is 0 Å².